The lowest BCUT2D eigenvalue weighted by molar-refractivity contribution is 0.419. The van der Waals surface area contributed by atoms with E-state index in [1.807, 2.05) is 12.1 Å². The molecule has 1 heterocycles. The normalized spacial score (nSPS) is 22.0. The number of aryl methyl sites for hydroxylation is 1. The highest BCUT2D eigenvalue weighted by atomic mass is 35.5. The maximum Gasteiger partial charge on any atom is 0.146 e. The van der Waals surface area contributed by atoms with Crippen molar-refractivity contribution in [3.63, 3.8) is 0 Å². The van der Waals surface area contributed by atoms with E-state index < -0.39 is 0 Å². The summed E-state index contributed by atoms with van der Waals surface area (Å²) in [5, 5.41) is 0. The predicted molar refractivity (Wildman–Crippen MR) is 87.2 cm³/mol. The van der Waals surface area contributed by atoms with Gasteiger partial charge in [0, 0.05) is 18.8 Å². The van der Waals surface area contributed by atoms with E-state index in [0.717, 1.165) is 41.9 Å². The molecule has 1 aliphatic carbocycles. The molecule has 3 nitrogen and oxygen atoms in total. The molecule has 1 aliphatic rings. The smallest absolute Gasteiger partial charge is 0.146 e. The minimum Gasteiger partial charge on any atom is -0.494 e. The lowest BCUT2D eigenvalue weighted by Crippen LogP contribution is -2.11. The summed E-state index contributed by atoms with van der Waals surface area (Å²) in [6, 6.07) is 6.16. The Kier molecular flexibility index (Phi) is 4.39. The molecule has 1 aromatic heterocycles. The van der Waals surface area contributed by atoms with Gasteiger partial charge in [-0.05, 0) is 36.8 Å². The van der Waals surface area contributed by atoms with Crippen LogP contribution in [0.1, 0.15) is 32.0 Å². The largest absolute Gasteiger partial charge is 0.494 e. The van der Waals surface area contributed by atoms with Crippen molar-refractivity contribution in [2.45, 2.75) is 39.2 Å². The van der Waals surface area contributed by atoms with Crippen molar-refractivity contribution in [2.75, 3.05) is 13.0 Å². The SMILES string of the molecule is COc1cccc2c1nc(CCCl)n2CC1CCC(C)C1. The number of hydrogen-bond acceptors (Lipinski definition) is 2. The number of halogens is 1. The van der Waals surface area contributed by atoms with E-state index in [9.17, 15) is 0 Å². The van der Waals surface area contributed by atoms with Crippen LogP contribution in [-0.2, 0) is 13.0 Å². The van der Waals surface area contributed by atoms with Crippen LogP contribution in [0.15, 0.2) is 18.2 Å². The van der Waals surface area contributed by atoms with Crippen molar-refractivity contribution in [3.05, 3.63) is 24.0 Å². The average Bonchev–Trinajstić information content (AvgIpc) is 3.04. The van der Waals surface area contributed by atoms with Gasteiger partial charge in [0.05, 0.1) is 12.6 Å². The number of benzene rings is 1. The minimum absolute atomic E-state index is 0.604. The lowest BCUT2D eigenvalue weighted by Gasteiger charge is -2.14. The Morgan fingerprint density at radius 3 is 2.90 bits per heavy atom. The molecule has 2 unspecified atom stereocenters. The fraction of sp³-hybridized carbons (Fsp3) is 0.588. The summed E-state index contributed by atoms with van der Waals surface area (Å²) in [7, 11) is 1.70. The highest BCUT2D eigenvalue weighted by Gasteiger charge is 2.24. The van der Waals surface area contributed by atoms with E-state index >= 15 is 0 Å². The number of methoxy groups -OCH3 is 1. The number of hydrogen-bond donors (Lipinski definition) is 0. The Balaban J connectivity index is 1.99. The molecule has 0 spiro atoms. The second-order valence-electron chi connectivity index (χ2n) is 6.19. The molecule has 0 bridgehead atoms. The number of rotatable bonds is 5. The van der Waals surface area contributed by atoms with Gasteiger partial charge in [0.15, 0.2) is 0 Å². The van der Waals surface area contributed by atoms with Gasteiger partial charge in [0.1, 0.15) is 17.1 Å². The topological polar surface area (TPSA) is 27.1 Å². The fourth-order valence-corrected chi connectivity index (χ4v) is 3.73. The zero-order valence-corrected chi connectivity index (χ0v) is 13.6. The number of ether oxygens (including phenoxy) is 1. The molecule has 2 atom stereocenters. The van der Waals surface area contributed by atoms with E-state index in [1.165, 1.54) is 24.8 Å². The quantitative estimate of drug-likeness (QED) is 0.772. The molecular formula is C17H23ClN2O. The molecule has 21 heavy (non-hydrogen) atoms. The molecule has 2 aromatic rings. The summed E-state index contributed by atoms with van der Waals surface area (Å²) in [6.45, 7) is 3.41. The highest BCUT2D eigenvalue weighted by molar-refractivity contribution is 6.17. The number of aromatic nitrogens is 2. The zero-order chi connectivity index (χ0) is 14.8. The molecule has 1 saturated carbocycles. The van der Waals surface area contributed by atoms with Crippen molar-refractivity contribution < 1.29 is 4.74 Å². The zero-order valence-electron chi connectivity index (χ0n) is 12.8. The van der Waals surface area contributed by atoms with Crippen LogP contribution >= 0.6 is 11.6 Å². The van der Waals surface area contributed by atoms with Crippen molar-refractivity contribution in [1.29, 1.82) is 0 Å². The Morgan fingerprint density at radius 1 is 1.38 bits per heavy atom. The first-order valence-corrected chi connectivity index (χ1v) is 8.34. The predicted octanol–water partition coefficient (Wildman–Crippen LogP) is 4.26. The molecule has 0 amide bonds. The molecule has 3 rings (SSSR count). The van der Waals surface area contributed by atoms with Crippen molar-refractivity contribution in [2.24, 2.45) is 11.8 Å². The molecule has 0 N–H and O–H groups in total. The third-order valence-electron chi connectivity index (χ3n) is 4.60. The lowest BCUT2D eigenvalue weighted by atomic mass is 10.1. The van der Waals surface area contributed by atoms with Gasteiger partial charge >= 0.3 is 0 Å². The van der Waals surface area contributed by atoms with E-state index in [1.54, 1.807) is 7.11 Å². The van der Waals surface area contributed by atoms with Crippen molar-refractivity contribution in [3.8, 4) is 5.75 Å². The van der Waals surface area contributed by atoms with Crippen LogP contribution in [0.25, 0.3) is 11.0 Å². The van der Waals surface area contributed by atoms with E-state index in [-0.39, 0.29) is 0 Å². The Labute approximate surface area is 131 Å². The highest BCUT2D eigenvalue weighted by Crippen LogP contribution is 2.34. The van der Waals surface area contributed by atoms with Gasteiger partial charge in [0.2, 0.25) is 0 Å². The molecule has 0 saturated heterocycles. The second-order valence-corrected chi connectivity index (χ2v) is 6.57. The molecule has 1 fully saturated rings. The third kappa shape index (κ3) is 2.89. The van der Waals surface area contributed by atoms with Crippen LogP contribution in [0.2, 0.25) is 0 Å². The fourth-order valence-electron chi connectivity index (χ4n) is 3.56. The number of fused-ring (bicyclic) bond motifs is 1. The first-order chi connectivity index (χ1) is 10.2. The maximum absolute atomic E-state index is 5.96. The molecule has 4 heteroatoms. The minimum atomic E-state index is 0.604. The van der Waals surface area contributed by atoms with Gasteiger partial charge in [-0.1, -0.05) is 19.4 Å². The Hall–Kier alpha value is -1.22. The molecule has 1 aromatic carbocycles. The van der Waals surface area contributed by atoms with Gasteiger partial charge < -0.3 is 9.30 Å². The molecular weight excluding hydrogens is 284 g/mol. The van der Waals surface area contributed by atoms with Crippen molar-refractivity contribution in [1.82, 2.24) is 9.55 Å². The van der Waals surface area contributed by atoms with E-state index in [4.69, 9.17) is 21.3 Å². The van der Waals surface area contributed by atoms with Gasteiger partial charge in [-0.3, -0.25) is 0 Å². The summed E-state index contributed by atoms with van der Waals surface area (Å²) in [6.07, 6.45) is 4.81. The Morgan fingerprint density at radius 2 is 2.24 bits per heavy atom. The summed E-state index contributed by atoms with van der Waals surface area (Å²) < 4.78 is 7.82. The van der Waals surface area contributed by atoms with Gasteiger partial charge in [-0.2, -0.15) is 0 Å². The van der Waals surface area contributed by atoms with Crippen molar-refractivity contribution >= 4 is 22.6 Å². The standard InChI is InChI=1S/C17H23ClN2O/c1-12-6-7-13(10-12)11-20-14-4-3-5-15(21-2)17(14)19-16(20)8-9-18/h3-5,12-13H,6-11H2,1-2H3. The van der Waals surface area contributed by atoms with Crippen LogP contribution in [0.4, 0.5) is 0 Å². The number of imidazole rings is 1. The second kappa shape index (κ2) is 6.27. The summed E-state index contributed by atoms with van der Waals surface area (Å²) in [4.78, 5) is 4.79. The van der Waals surface area contributed by atoms with Crippen LogP contribution in [0, 0.1) is 11.8 Å². The Bertz CT molecular complexity index is 623. The molecule has 114 valence electrons. The van der Waals surface area contributed by atoms with Gasteiger partial charge in [-0.25, -0.2) is 4.98 Å². The maximum atomic E-state index is 5.96. The van der Waals surface area contributed by atoms with Crippen LogP contribution in [-0.4, -0.2) is 22.5 Å². The number of para-hydroxylation sites is 1. The summed E-state index contributed by atoms with van der Waals surface area (Å²) >= 11 is 5.96. The van der Waals surface area contributed by atoms with E-state index in [0.29, 0.717) is 5.88 Å². The first-order valence-electron chi connectivity index (χ1n) is 7.81. The third-order valence-corrected chi connectivity index (χ3v) is 4.79. The van der Waals surface area contributed by atoms with Gasteiger partial charge in [0.25, 0.3) is 0 Å². The van der Waals surface area contributed by atoms with Crippen LogP contribution in [0.5, 0.6) is 5.75 Å². The number of alkyl halides is 1. The van der Waals surface area contributed by atoms with Gasteiger partial charge in [-0.15, -0.1) is 11.6 Å². The molecule has 0 radical (unpaired) electrons. The van der Waals surface area contributed by atoms with Crippen LogP contribution in [0.3, 0.4) is 0 Å². The first kappa shape index (κ1) is 14.7. The van der Waals surface area contributed by atoms with E-state index in [2.05, 4.69) is 17.6 Å². The average molecular weight is 307 g/mol. The van der Waals surface area contributed by atoms with Crippen LogP contribution < -0.4 is 4.74 Å². The molecule has 0 aliphatic heterocycles. The number of nitrogens with zero attached hydrogens (tertiary/aromatic N) is 2. The monoisotopic (exact) mass is 306 g/mol. The summed E-state index contributed by atoms with van der Waals surface area (Å²) in [5.74, 6) is 4.16. The summed E-state index contributed by atoms with van der Waals surface area (Å²) in [5.41, 5.74) is 2.14.